The van der Waals surface area contributed by atoms with Crippen molar-refractivity contribution in [3.8, 4) is 6.07 Å². The Morgan fingerprint density at radius 3 is 2.15 bits per heavy atom. The maximum Gasteiger partial charge on any atom is 0.315 e. The van der Waals surface area contributed by atoms with Crippen LogP contribution in [0.15, 0.2) is 58.3 Å². The van der Waals surface area contributed by atoms with E-state index in [0.717, 1.165) is 35.5 Å². The van der Waals surface area contributed by atoms with E-state index in [-0.39, 0.29) is 18.0 Å². The van der Waals surface area contributed by atoms with Gasteiger partial charge < -0.3 is 15.5 Å². The van der Waals surface area contributed by atoms with Gasteiger partial charge in [-0.05, 0) is 49.9 Å². The number of hydrogen-bond acceptors (Lipinski definition) is 4. The molecule has 1 aliphatic carbocycles. The van der Waals surface area contributed by atoms with Crippen molar-refractivity contribution in [2.75, 3.05) is 13.1 Å². The number of carbonyl (C=O) groups excluding carboxylic acids is 2. The maximum absolute atomic E-state index is 13.3. The van der Waals surface area contributed by atoms with Crippen molar-refractivity contribution in [2.45, 2.75) is 66.8 Å². The molecule has 1 heterocycles. The van der Waals surface area contributed by atoms with Gasteiger partial charge in [0.2, 0.25) is 0 Å². The molecule has 33 heavy (non-hydrogen) atoms. The minimum atomic E-state index is -0.0791. The molecule has 6 nitrogen and oxygen atoms in total. The highest BCUT2D eigenvalue weighted by Gasteiger charge is 2.26. The standard InChI is InChI=1S/C26H30N4O2S/c27-18-19-8-4-6-12-23(19)33-24-13-7-5-11-22(24)25(31)30-16-14-21(15-17-30)29-26(32)28-20-9-2-1-3-10-20/h4-8,11-13,20-21H,1-3,9-10,14-17H2,(H2,28,29,32). The summed E-state index contributed by atoms with van der Waals surface area (Å²) in [7, 11) is 0. The average Bonchev–Trinajstić information content (AvgIpc) is 2.85. The number of nitriles is 1. The van der Waals surface area contributed by atoms with Crippen LogP contribution in [0, 0.1) is 11.3 Å². The van der Waals surface area contributed by atoms with Crippen molar-refractivity contribution in [1.82, 2.24) is 15.5 Å². The van der Waals surface area contributed by atoms with Gasteiger partial charge in [-0.2, -0.15) is 5.26 Å². The second-order valence-electron chi connectivity index (χ2n) is 8.73. The van der Waals surface area contributed by atoms with E-state index in [2.05, 4.69) is 16.7 Å². The van der Waals surface area contributed by atoms with Crippen molar-refractivity contribution in [2.24, 2.45) is 0 Å². The Bertz CT molecular complexity index is 1020. The van der Waals surface area contributed by atoms with E-state index >= 15 is 0 Å². The molecule has 1 aliphatic heterocycles. The number of nitrogens with zero attached hydrogens (tertiary/aromatic N) is 2. The molecule has 1 saturated carbocycles. The number of likely N-dealkylation sites (tertiary alicyclic amines) is 1. The minimum Gasteiger partial charge on any atom is -0.338 e. The first-order valence-corrected chi connectivity index (χ1v) is 12.6. The van der Waals surface area contributed by atoms with E-state index in [1.54, 1.807) is 6.07 Å². The summed E-state index contributed by atoms with van der Waals surface area (Å²) in [6.07, 6.45) is 7.26. The third-order valence-electron chi connectivity index (χ3n) is 6.40. The molecule has 0 spiro atoms. The Kier molecular flexibility index (Phi) is 7.90. The molecule has 4 rings (SSSR count). The number of urea groups is 1. The van der Waals surface area contributed by atoms with Gasteiger partial charge in [0.25, 0.3) is 5.91 Å². The first-order valence-electron chi connectivity index (χ1n) is 11.8. The largest absolute Gasteiger partial charge is 0.338 e. The van der Waals surface area contributed by atoms with E-state index < -0.39 is 0 Å². The third kappa shape index (κ3) is 6.08. The minimum absolute atomic E-state index is 0.00218. The van der Waals surface area contributed by atoms with Crippen LogP contribution < -0.4 is 10.6 Å². The van der Waals surface area contributed by atoms with Gasteiger partial charge in [-0.3, -0.25) is 4.79 Å². The summed E-state index contributed by atoms with van der Waals surface area (Å²) in [4.78, 5) is 29.2. The first-order chi connectivity index (χ1) is 16.1. The van der Waals surface area contributed by atoms with E-state index in [0.29, 0.717) is 30.3 Å². The van der Waals surface area contributed by atoms with Gasteiger partial charge in [0, 0.05) is 35.0 Å². The number of piperidine rings is 1. The Hall–Kier alpha value is -2.98. The van der Waals surface area contributed by atoms with Crippen LogP contribution in [0.2, 0.25) is 0 Å². The van der Waals surface area contributed by atoms with Crippen LogP contribution in [0.3, 0.4) is 0 Å². The smallest absolute Gasteiger partial charge is 0.315 e. The molecule has 3 amide bonds. The zero-order valence-corrected chi connectivity index (χ0v) is 19.6. The highest BCUT2D eigenvalue weighted by atomic mass is 32.2. The molecule has 0 bridgehead atoms. The van der Waals surface area contributed by atoms with Gasteiger partial charge in [0.05, 0.1) is 11.1 Å². The molecule has 2 fully saturated rings. The van der Waals surface area contributed by atoms with Crippen LogP contribution >= 0.6 is 11.8 Å². The van der Waals surface area contributed by atoms with Crippen molar-refractivity contribution in [3.63, 3.8) is 0 Å². The lowest BCUT2D eigenvalue weighted by molar-refractivity contribution is 0.0704. The van der Waals surface area contributed by atoms with Gasteiger partial charge in [0.15, 0.2) is 0 Å². The second kappa shape index (κ2) is 11.2. The fourth-order valence-electron chi connectivity index (χ4n) is 4.56. The average molecular weight is 463 g/mol. The normalized spacial score (nSPS) is 17.2. The molecule has 2 aliphatic rings. The van der Waals surface area contributed by atoms with Gasteiger partial charge in [-0.1, -0.05) is 55.3 Å². The van der Waals surface area contributed by atoms with E-state index in [9.17, 15) is 14.9 Å². The zero-order chi connectivity index (χ0) is 23.0. The van der Waals surface area contributed by atoms with Crippen LogP contribution in [0.25, 0.3) is 0 Å². The van der Waals surface area contributed by atoms with Crippen LogP contribution in [0.4, 0.5) is 4.79 Å². The number of amides is 3. The molecule has 2 N–H and O–H groups in total. The molecule has 0 radical (unpaired) electrons. The predicted molar refractivity (Wildman–Crippen MR) is 129 cm³/mol. The number of nitrogens with one attached hydrogen (secondary N) is 2. The van der Waals surface area contributed by atoms with Gasteiger partial charge in [-0.25, -0.2) is 4.79 Å². The van der Waals surface area contributed by atoms with Gasteiger partial charge >= 0.3 is 6.03 Å². The molecule has 1 saturated heterocycles. The van der Waals surface area contributed by atoms with Crippen LogP contribution in [-0.2, 0) is 0 Å². The van der Waals surface area contributed by atoms with Gasteiger partial charge in [0.1, 0.15) is 6.07 Å². The maximum atomic E-state index is 13.3. The number of rotatable bonds is 5. The van der Waals surface area contributed by atoms with E-state index in [1.165, 1.54) is 31.0 Å². The summed E-state index contributed by atoms with van der Waals surface area (Å²) in [5.41, 5.74) is 1.25. The Morgan fingerprint density at radius 2 is 1.45 bits per heavy atom. The first kappa shape index (κ1) is 23.2. The summed E-state index contributed by atoms with van der Waals surface area (Å²) in [6.45, 7) is 1.22. The summed E-state index contributed by atoms with van der Waals surface area (Å²) in [6, 6.07) is 17.5. The number of carbonyl (C=O) groups is 2. The monoisotopic (exact) mass is 462 g/mol. The topological polar surface area (TPSA) is 85.2 Å². The van der Waals surface area contributed by atoms with Crippen LogP contribution in [-0.4, -0.2) is 42.0 Å². The van der Waals surface area contributed by atoms with Crippen molar-refractivity contribution in [3.05, 3.63) is 59.7 Å². The van der Waals surface area contributed by atoms with Crippen LogP contribution in [0.1, 0.15) is 60.9 Å². The second-order valence-corrected chi connectivity index (χ2v) is 9.81. The molecule has 0 unspecified atom stereocenters. The molecule has 7 heteroatoms. The molecular weight excluding hydrogens is 432 g/mol. The predicted octanol–water partition coefficient (Wildman–Crippen LogP) is 4.95. The summed E-state index contributed by atoms with van der Waals surface area (Å²) < 4.78 is 0. The number of benzene rings is 2. The lowest BCUT2D eigenvalue weighted by atomic mass is 9.96. The Morgan fingerprint density at radius 1 is 0.848 bits per heavy atom. The lowest BCUT2D eigenvalue weighted by Gasteiger charge is -2.33. The lowest BCUT2D eigenvalue weighted by Crippen LogP contribution is -2.51. The Labute approximate surface area is 199 Å². The highest BCUT2D eigenvalue weighted by molar-refractivity contribution is 7.99. The molecule has 0 aromatic heterocycles. The zero-order valence-electron chi connectivity index (χ0n) is 18.8. The molecule has 2 aromatic carbocycles. The van der Waals surface area contributed by atoms with E-state index in [4.69, 9.17) is 0 Å². The van der Waals surface area contributed by atoms with Crippen LogP contribution in [0.5, 0.6) is 0 Å². The molecular formula is C26H30N4O2S. The summed E-state index contributed by atoms with van der Waals surface area (Å²) >= 11 is 1.45. The van der Waals surface area contributed by atoms with E-state index in [1.807, 2.05) is 47.4 Å². The molecule has 2 aromatic rings. The Balaban J connectivity index is 1.33. The van der Waals surface area contributed by atoms with Crippen molar-refractivity contribution < 1.29 is 9.59 Å². The third-order valence-corrected chi connectivity index (χ3v) is 7.55. The quantitative estimate of drug-likeness (QED) is 0.659. The number of hydrogen-bond donors (Lipinski definition) is 2. The summed E-state index contributed by atoms with van der Waals surface area (Å²) in [5.74, 6) is -0.00218. The fourth-order valence-corrected chi connectivity index (χ4v) is 5.57. The SMILES string of the molecule is N#Cc1ccccc1Sc1ccccc1C(=O)N1CCC(NC(=O)NC2CCCCC2)CC1. The van der Waals surface area contributed by atoms with Crippen molar-refractivity contribution in [1.29, 1.82) is 5.26 Å². The van der Waals surface area contributed by atoms with Crippen molar-refractivity contribution >= 4 is 23.7 Å². The molecule has 0 atom stereocenters. The molecule has 172 valence electrons. The summed E-state index contributed by atoms with van der Waals surface area (Å²) in [5, 5.41) is 15.6. The highest BCUT2D eigenvalue weighted by Crippen LogP contribution is 2.33. The fraction of sp³-hybridized carbons (Fsp3) is 0.423. The van der Waals surface area contributed by atoms with Gasteiger partial charge in [-0.15, -0.1) is 0 Å².